The average Bonchev–Trinajstić information content (AvgIpc) is 2.30. The van der Waals surface area contributed by atoms with Gasteiger partial charge in [0.25, 0.3) is 0 Å². The minimum Gasteiger partial charge on any atom is -0.494 e. The van der Waals surface area contributed by atoms with Gasteiger partial charge < -0.3 is 4.74 Å². The molecule has 0 spiro atoms. The van der Waals surface area contributed by atoms with Gasteiger partial charge >= 0.3 is 0 Å². The van der Waals surface area contributed by atoms with Crippen LogP contribution < -0.4 is 4.74 Å². The maximum Gasteiger partial charge on any atom is 0.119 e. The molecule has 1 rings (SSSR count). The van der Waals surface area contributed by atoms with E-state index in [0.717, 1.165) is 35.9 Å². The minimum absolute atomic E-state index is 0.746. The van der Waals surface area contributed by atoms with Crippen LogP contribution in [0.3, 0.4) is 0 Å². The van der Waals surface area contributed by atoms with Crippen LogP contribution in [0.25, 0.3) is 0 Å². The van der Waals surface area contributed by atoms with Crippen molar-refractivity contribution >= 4 is 15.9 Å². The summed E-state index contributed by atoms with van der Waals surface area (Å²) >= 11 is 3.57. The molecule has 0 amide bonds. The van der Waals surface area contributed by atoms with Crippen LogP contribution in [-0.2, 0) is 0 Å². The number of para-hydroxylation sites is 1. The Labute approximate surface area is 107 Å². The summed E-state index contributed by atoms with van der Waals surface area (Å²) in [4.78, 5) is 0. The van der Waals surface area contributed by atoms with Crippen molar-refractivity contribution in [2.45, 2.75) is 26.7 Å². The average molecular weight is 285 g/mol. The molecular weight excluding hydrogens is 264 g/mol. The molecule has 0 aliphatic rings. The van der Waals surface area contributed by atoms with Crippen LogP contribution >= 0.6 is 15.9 Å². The highest BCUT2D eigenvalue weighted by Crippen LogP contribution is 2.19. The van der Waals surface area contributed by atoms with E-state index in [-0.39, 0.29) is 0 Å². The predicted octanol–water partition coefficient (Wildman–Crippen LogP) is 4.51. The summed E-state index contributed by atoms with van der Waals surface area (Å²) < 4.78 is 5.67. The highest BCUT2D eigenvalue weighted by atomic mass is 79.9. The van der Waals surface area contributed by atoms with Gasteiger partial charge in [0.15, 0.2) is 0 Å². The molecule has 16 heavy (non-hydrogen) atoms. The number of hydrogen-bond acceptors (Lipinski definition) is 1. The number of hydrogen-bond donors (Lipinski definition) is 0. The Hall–Kier alpha value is -0.500. The van der Waals surface area contributed by atoms with Gasteiger partial charge in [0, 0.05) is 5.33 Å². The van der Waals surface area contributed by atoms with Gasteiger partial charge in [-0.15, -0.1) is 0 Å². The van der Waals surface area contributed by atoms with E-state index < -0.39 is 0 Å². The maximum atomic E-state index is 5.67. The monoisotopic (exact) mass is 284 g/mol. The number of ether oxygens (including phenoxy) is 1. The van der Waals surface area contributed by atoms with E-state index in [4.69, 9.17) is 4.74 Å². The summed E-state index contributed by atoms with van der Waals surface area (Å²) in [6.07, 6.45) is 2.36. The number of rotatable bonds is 7. The van der Waals surface area contributed by atoms with Crippen molar-refractivity contribution < 1.29 is 4.74 Å². The third kappa shape index (κ3) is 5.02. The Morgan fingerprint density at radius 2 is 1.88 bits per heavy atom. The van der Waals surface area contributed by atoms with Crippen molar-refractivity contribution in [2.24, 2.45) is 11.8 Å². The second kappa shape index (κ2) is 7.72. The SMILES string of the molecule is CC(C)C(CBr)CCCOc1ccccc1. The van der Waals surface area contributed by atoms with E-state index in [1.807, 2.05) is 30.3 Å². The van der Waals surface area contributed by atoms with Crippen LogP contribution in [0, 0.1) is 11.8 Å². The Balaban J connectivity index is 2.16. The third-order valence-corrected chi connectivity index (χ3v) is 3.70. The van der Waals surface area contributed by atoms with E-state index in [2.05, 4.69) is 29.8 Å². The van der Waals surface area contributed by atoms with Crippen molar-refractivity contribution in [1.82, 2.24) is 0 Å². The van der Waals surface area contributed by atoms with Crippen LogP contribution in [0.2, 0.25) is 0 Å². The zero-order valence-corrected chi connectivity index (χ0v) is 11.7. The molecule has 0 aliphatic carbocycles. The van der Waals surface area contributed by atoms with Crippen LogP contribution in [0.5, 0.6) is 5.75 Å². The van der Waals surface area contributed by atoms with Crippen molar-refractivity contribution in [3.05, 3.63) is 30.3 Å². The zero-order chi connectivity index (χ0) is 11.8. The second-order valence-corrected chi connectivity index (χ2v) is 5.11. The summed E-state index contributed by atoms with van der Waals surface area (Å²) in [5, 5.41) is 1.09. The first-order chi connectivity index (χ1) is 7.74. The molecule has 1 aromatic carbocycles. The standard InChI is InChI=1S/C14H21BrO/c1-12(2)13(11-15)7-6-10-16-14-8-4-3-5-9-14/h3-5,8-9,12-13H,6-7,10-11H2,1-2H3. The highest BCUT2D eigenvalue weighted by molar-refractivity contribution is 9.09. The quantitative estimate of drug-likeness (QED) is 0.529. The molecule has 0 fully saturated rings. The topological polar surface area (TPSA) is 9.23 Å². The highest BCUT2D eigenvalue weighted by Gasteiger charge is 2.10. The molecular formula is C14H21BrO. The Kier molecular flexibility index (Phi) is 6.55. The van der Waals surface area contributed by atoms with Gasteiger partial charge in [-0.2, -0.15) is 0 Å². The molecule has 1 atom stereocenters. The summed E-state index contributed by atoms with van der Waals surface area (Å²) in [6, 6.07) is 10.0. The molecule has 0 heterocycles. The fourth-order valence-electron chi connectivity index (χ4n) is 1.64. The van der Waals surface area contributed by atoms with Gasteiger partial charge in [-0.05, 0) is 36.8 Å². The normalized spacial score (nSPS) is 12.8. The van der Waals surface area contributed by atoms with Gasteiger partial charge in [0.1, 0.15) is 5.75 Å². The zero-order valence-electron chi connectivity index (χ0n) is 10.2. The van der Waals surface area contributed by atoms with Gasteiger partial charge in [0.05, 0.1) is 6.61 Å². The molecule has 1 nitrogen and oxygen atoms in total. The first kappa shape index (κ1) is 13.6. The largest absolute Gasteiger partial charge is 0.494 e. The van der Waals surface area contributed by atoms with E-state index >= 15 is 0 Å². The fraction of sp³-hybridized carbons (Fsp3) is 0.571. The number of alkyl halides is 1. The van der Waals surface area contributed by atoms with Crippen LogP contribution in [0.15, 0.2) is 30.3 Å². The fourth-order valence-corrected chi connectivity index (χ4v) is 2.71. The first-order valence-electron chi connectivity index (χ1n) is 5.98. The first-order valence-corrected chi connectivity index (χ1v) is 7.10. The summed E-state index contributed by atoms with van der Waals surface area (Å²) in [7, 11) is 0. The van der Waals surface area contributed by atoms with Crippen molar-refractivity contribution in [3.8, 4) is 5.75 Å². The Bertz CT molecular complexity index is 271. The summed E-state index contributed by atoms with van der Waals surface area (Å²) in [5.41, 5.74) is 0. The Morgan fingerprint density at radius 1 is 1.19 bits per heavy atom. The molecule has 0 saturated heterocycles. The molecule has 90 valence electrons. The molecule has 1 aromatic rings. The lowest BCUT2D eigenvalue weighted by Crippen LogP contribution is -2.11. The lowest BCUT2D eigenvalue weighted by Gasteiger charge is -2.17. The van der Waals surface area contributed by atoms with Gasteiger partial charge in [-0.25, -0.2) is 0 Å². The second-order valence-electron chi connectivity index (χ2n) is 4.46. The van der Waals surface area contributed by atoms with Crippen molar-refractivity contribution in [2.75, 3.05) is 11.9 Å². The van der Waals surface area contributed by atoms with Gasteiger partial charge in [-0.1, -0.05) is 48.0 Å². The molecule has 0 aromatic heterocycles. The van der Waals surface area contributed by atoms with Crippen LogP contribution in [0.4, 0.5) is 0 Å². The molecule has 0 radical (unpaired) electrons. The molecule has 0 N–H and O–H groups in total. The van der Waals surface area contributed by atoms with E-state index in [9.17, 15) is 0 Å². The van der Waals surface area contributed by atoms with E-state index in [0.29, 0.717) is 0 Å². The summed E-state index contributed by atoms with van der Waals surface area (Å²) in [5.74, 6) is 2.48. The molecule has 2 heteroatoms. The maximum absolute atomic E-state index is 5.67. The lowest BCUT2D eigenvalue weighted by molar-refractivity contribution is 0.282. The molecule has 1 unspecified atom stereocenters. The molecule has 0 bridgehead atoms. The van der Waals surface area contributed by atoms with Crippen molar-refractivity contribution in [1.29, 1.82) is 0 Å². The third-order valence-electron chi connectivity index (χ3n) is 2.87. The summed E-state index contributed by atoms with van der Waals surface area (Å²) in [6.45, 7) is 5.38. The van der Waals surface area contributed by atoms with Crippen LogP contribution in [0.1, 0.15) is 26.7 Å². The Morgan fingerprint density at radius 3 is 2.44 bits per heavy atom. The van der Waals surface area contributed by atoms with Crippen LogP contribution in [-0.4, -0.2) is 11.9 Å². The van der Waals surface area contributed by atoms with Gasteiger partial charge in [-0.3, -0.25) is 0 Å². The minimum atomic E-state index is 0.746. The van der Waals surface area contributed by atoms with E-state index in [1.54, 1.807) is 0 Å². The van der Waals surface area contributed by atoms with Crippen molar-refractivity contribution in [3.63, 3.8) is 0 Å². The smallest absolute Gasteiger partial charge is 0.119 e. The van der Waals surface area contributed by atoms with Gasteiger partial charge in [0.2, 0.25) is 0 Å². The molecule has 0 aliphatic heterocycles. The van der Waals surface area contributed by atoms with E-state index in [1.165, 1.54) is 6.42 Å². The number of halogens is 1. The number of benzene rings is 1. The predicted molar refractivity (Wildman–Crippen MR) is 73.3 cm³/mol. The molecule has 0 saturated carbocycles. The lowest BCUT2D eigenvalue weighted by atomic mass is 9.93.